The summed E-state index contributed by atoms with van der Waals surface area (Å²) in [6.07, 6.45) is 8.81. The van der Waals surface area contributed by atoms with Crippen LogP contribution in [0.15, 0.2) is 42.6 Å². The lowest BCUT2D eigenvalue weighted by Gasteiger charge is -2.14. The summed E-state index contributed by atoms with van der Waals surface area (Å²) in [5, 5.41) is 9.13. The third-order valence-electron chi connectivity index (χ3n) is 4.95. The van der Waals surface area contributed by atoms with Gasteiger partial charge in [-0.2, -0.15) is 0 Å². The van der Waals surface area contributed by atoms with Crippen LogP contribution >= 0.6 is 11.6 Å². The first-order valence-corrected chi connectivity index (χ1v) is 10.6. The minimum Gasteiger partial charge on any atom is -0.496 e. The summed E-state index contributed by atoms with van der Waals surface area (Å²) in [5.41, 5.74) is 1.36. The molecule has 168 valence electrons. The van der Waals surface area contributed by atoms with Crippen LogP contribution in [0.4, 0.5) is 10.5 Å². The molecule has 0 bridgehead atoms. The van der Waals surface area contributed by atoms with Gasteiger partial charge in [0.2, 0.25) is 0 Å². The molecule has 0 saturated heterocycles. The zero-order valence-corrected chi connectivity index (χ0v) is 18.5. The summed E-state index contributed by atoms with van der Waals surface area (Å²) < 4.78 is 11.4. The third kappa shape index (κ3) is 5.27. The van der Waals surface area contributed by atoms with E-state index in [0.29, 0.717) is 44.4 Å². The molecule has 0 radical (unpaired) electrons. The summed E-state index contributed by atoms with van der Waals surface area (Å²) >= 11 is 6.34. The van der Waals surface area contributed by atoms with Gasteiger partial charge in [-0.3, -0.25) is 9.78 Å². The summed E-state index contributed by atoms with van der Waals surface area (Å²) in [7, 11) is 1.47. The lowest BCUT2D eigenvalue weighted by Crippen LogP contribution is -2.30. The van der Waals surface area contributed by atoms with Crippen LogP contribution in [0.2, 0.25) is 5.02 Å². The fourth-order valence-electron chi connectivity index (χ4n) is 3.17. The van der Waals surface area contributed by atoms with Crippen LogP contribution in [0.25, 0.3) is 10.9 Å². The van der Waals surface area contributed by atoms with Gasteiger partial charge in [0.05, 0.1) is 35.4 Å². The lowest BCUT2D eigenvalue weighted by molar-refractivity contribution is 0.0956. The monoisotopic (exact) mass is 464 g/mol. The zero-order chi connectivity index (χ0) is 23.4. The van der Waals surface area contributed by atoms with Crippen molar-refractivity contribution in [3.05, 3.63) is 53.2 Å². The van der Waals surface area contributed by atoms with Crippen molar-refractivity contribution in [1.82, 2.24) is 15.6 Å². The van der Waals surface area contributed by atoms with E-state index in [4.69, 9.17) is 27.5 Å². The predicted octanol–water partition coefficient (Wildman–Crippen LogP) is 4.34. The SMILES string of the molecule is C#CCNC(=O)c1cc2c(Oc3ccc(NC(=O)NC4CC4)c(Cl)c3)ccnc2cc1OC. The van der Waals surface area contributed by atoms with E-state index in [0.717, 1.165) is 12.8 Å². The molecule has 1 aromatic heterocycles. The standard InChI is InChI=1S/C24H21ClN4O4/c1-3-9-27-23(30)17-12-16-20(13-22(17)32-2)26-10-8-21(16)33-15-6-7-19(18(25)11-15)29-24(31)28-14-4-5-14/h1,6-8,10-14H,4-5,9H2,2H3,(H,27,30)(H2,28,29,31). The van der Waals surface area contributed by atoms with Gasteiger partial charge in [0, 0.05) is 29.8 Å². The number of nitrogens with zero attached hydrogens (tertiary/aromatic N) is 1. The first-order chi connectivity index (χ1) is 16.0. The minimum absolute atomic E-state index is 0.0913. The van der Waals surface area contributed by atoms with Gasteiger partial charge in [0.25, 0.3) is 5.91 Å². The molecule has 0 atom stereocenters. The molecule has 0 aliphatic heterocycles. The van der Waals surface area contributed by atoms with Gasteiger partial charge in [0.1, 0.15) is 17.2 Å². The van der Waals surface area contributed by atoms with E-state index in [9.17, 15) is 9.59 Å². The number of terminal acetylenes is 1. The Kier molecular flexibility index (Phi) is 6.52. The highest BCUT2D eigenvalue weighted by atomic mass is 35.5. The number of ether oxygens (including phenoxy) is 2. The maximum Gasteiger partial charge on any atom is 0.319 e. The molecule has 3 N–H and O–H groups in total. The molecule has 1 aliphatic rings. The maximum atomic E-state index is 12.5. The Balaban J connectivity index is 1.60. The van der Waals surface area contributed by atoms with E-state index in [1.807, 2.05) is 0 Å². The van der Waals surface area contributed by atoms with Crippen molar-refractivity contribution in [1.29, 1.82) is 0 Å². The Bertz CT molecular complexity index is 1270. The van der Waals surface area contributed by atoms with Crippen molar-refractivity contribution in [3.8, 4) is 29.6 Å². The number of hydrogen-bond acceptors (Lipinski definition) is 5. The zero-order valence-electron chi connectivity index (χ0n) is 17.8. The number of anilines is 1. The van der Waals surface area contributed by atoms with E-state index in [1.54, 1.807) is 42.6 Å². The average molecular weight is 465 g/mol. The van der Waals surface area contributed by atoms with Crippen molar-refractivity contribution in [2.75, 3.05) is 19.0 Å². The number of rotatable bonds is 7. The van der Waals surface area contributed by atoms with Gasteiger partial charge in [-0.1, -0.05) is 17.5 Å². The van der Waals surface area contributed by atoms with E-state index < -0.39 is 0 Å². The first-order valence-electron chi connectivity index (χ1n) is 10.2. The topological polar surface area (TPSA) is 102 Å². The van der Waals surface area contributed by atoms with E-state index in [-0.39, 0.29) is 24.5 Å². The van der Waals surface area contributed by atoms with E-state index >= 15 is 0 Å². The fraction of sp³-hybridized carbons (Fsp3) is 0.208. The molecule has 2 aromatic carbocycles. The molecule has 0 spiro atoms. The Morgan fingerprint density at radius 1 is 1.21 bits per heavy atom. The van der Waals surface area contributed by atoms with Crippen molar-refractivity contribution in [2.24, 2.45) is 0 Å². The molecule has 0 unspecified atom stereocenters. The van der Waals surface area contributed by atoms with Crippen LogP contribution in [0.5, 0.6) is 17.2 Å². The van der Waals surface area contributed by atoms with Crippen molar-refractivity contribution >= 4 is 40.1 Å². The number of pyridine rings is 1. The quantitative estimate of drug-likeness (QED) is 0.451. The Morgan fingerprint density at radius 3 is 2.73 bits per heavy atom. The minimum atomic E-state index is -0.371. The van der Waals surface area contributed by atoms with Crippen LogP contribution in [-0.4, -0.2) is 36.6 Å². The number of aromatic nitrogens is 1. The number of benzene rings is 2. The number of carbonyl (C=O) groups is 2. The van der Waals surface area contributed by atoms with Crippen LogP contribution in [0.3, 0.4) is 0 Å². The maximum absolute atomic E-state index is 12.5. The van der Waals surface area contributed by atoms with E-state index in [2.05, 4.69) is 26.9 Å². The first kappa shape index (κ1) is 22.2. The second kappa shape index (κ2) is 9.67. The van der Waals surface area contributed by atoms with E-state index in [1.165, 1.54) is 7.11 Å². The summed E-state index contributed by atoms with van der Waals surface area (Å²) in [6.45, 7) is 0.0913. The smallest absolute Gasteiger partial charge is 0.319 e. The fourth-order valence-corrected chi connectivity index (χ4v) is 3.39. The Labute approximate surface area is 195 Å². The van der Waals surface area contributed by atoms with Gasteiger partial charge in [0.15, 0.2) is 0 Å². The number of methoxy groups -OCH3 is 1. The summed E-state index contributed by atoms with van der Waals surface area (Å²) in [5.74, 6) is 3.29. The lowest BCUT2D eigenvalue weighted by atomic mass is 10.1. The second-order valence-electron chi connectivity index (χ2n) is 7.38. The van der Waals surface area contributed by atoms with Gasteiger partial charge in [-0.15, -0.1) is 6.42 Å². The number of amides is 3. The predicted molar refractivity (Wildman–Crippen MR) is 126 cm³/mol. The summed E-state index contributed by atoms with van der Waals surface area (Å²) in [4.78, 5) is 28.8. The Morgan fingerprint density at radius 2 is 2.03 bits per heavy atom. The molecule has 4 rings (SSSR count). The molecule has 33 heavy (non-hydrogen) atoms. The Hall–Kier alpha value is -3.96. The molecule has 1 heterocycles. The van der Waals surface area contributed by atoms with Gasteiger partial charge >= 0.3 is 6.03 Å². The van der Waals surface area contributed by atoms with Gasteiger partial charge in [-0.25, -0.2) is 4.79 Å². The number of hydrogen-bond donors (Lipinski definition) is 3. The van der Waals surface area contributed by atoms with Crippen LogP contribution < -0.4 is 25.4 Å². The van der Waals surface area contributed by atoms with Crippen molar-refractivity contribution in [3.63, 3.8) is 0 Å². The highest BCUT2D eigenvalue weighted by Crippen LogP contribution is 2.35. The second-order valence-corrected chi connectivity index (χ2v) is 7.79. The number of halogens is 1. The molecule has 1 aliphatic carbocycles. The molecule has 1 fully saturated rings. The van der Waals surface area contributed by atoms with Crippen LogP contribution in [0.1, 0.15) is 23.2 Å². The van der Waals surface area contributed by atoms with Gasteiger partial charge < -0.3 is 25.4 Å². The van der Waals surface area contributed by atoms with Crippen LogP contribution in [0, 0.1) is 12.3 Å². The third-order valence-corrected chi connectivity index (χ3v) is 5.26. The molecular weight excluding hydrogens is 444 g/mol. The number of carbonyl (C=O) groups excluding carboxylic acids is 2. The average Bonchev–Trinajstić information content (AvgIpc) is 3.62. The van der Waals surface area contributed by atoms with Crippen molar-refractivity contribution < 1.29 is 19.1 Å². The highest BCUT2D eigenvalue weighted by Gasteiger charge is 2.23. The summed E-state index contributed by atoms with van der Waals surface area (Å²) in [6, 6.07) is 9.88. The number of fused-ring (bicyclic) bond motifs is 1. The normalized spacial score (nSPS) is 12.5. The number of nitrogens with one attached hydrogen (secondary N) is 3. The largest absolute Gasteiger partial charge is 0.496 e. The molecular formula is C24H21ClN4O4. The molecule has 1 saturated carbocycles. The number of urea groups is 1. The highest BCUT2D eigenvalue weighted by molar-refractivity contribution is 6.33. The molecule has 9 heteroatoms. The molecule has 8 nitrogen and oxygen atoms in total. The van der Waals surface area contributed by atoms with Crippen LogP contribution in [-0.2, 0) is 0 Å². The molecule has 3 amide bonds. The molecule has 3 aromatic rings. The van der Waals surface area contributed by atoms with Gasteiger partial charge in [-0.05, 0) is 37.1 Å². The van der Waals surface area contributed by atoms with Crippen molar-refractivity contribution in [2.45, 2.75) is 18.9 Å².